The second kappa shape index (κ2) is 2.05. The van der Waals surface area contributed by atoms with Crippen LogP contribution in [-0.4, -0.2) is 24.9 Å². The molecule has 0 bridgehead atoms. The molecule has 1 saturated heterocycles. The van der Waals surface area contributed by atoms with E-state index < -0.39 is 0 Å². The van der Waals surface area contributed by atoms with Gasteiger partial charge in [-0.25, -0.2) is 0 Å². The Bertz CT molecular complexity index is 147. The van der Waals surface area contributed by atoms with Gasteiger partial charge in [0.1, 0.15) is 6.04 Å². The van der Waals surface area contributed by atoms with Crippen molar-refractivity contribution in [1.82, 2.24) is 10.6 Å². The maximum atomic E-state index is 10.6. The topological polar surface area (TPSA) is 58.2 Å². The lowest BCUT2D eigenvalue weighted by Crippen LogP contribution is -2.56. The number of hydrogen-bond acceptors (Lipinski definition) is 2. The maximum Gasteiger partial charge on any atom is 0.242 e. The Morgan fingerprint density at radius 1 is 1.89 bits per heavy atom. The minimum Gasteiger partial charge on any atom is -0.357 e. The van der Waals surface area contributed by atoms with Crippen LogP contribution in [0.25, 0.3) is 0 Å². The molecule has 4 heteroatoms. The van der Waals surface area contributed by atoms with Crippen molar-refractivity contribution in [2.45, 2.75) is 12.5 Å². The van der Waals surface area contributed by atoms with E-state index in [0.29, 0.717) is 6.42 Å². The average molecular weight is 128 g/mol. The Kier molecular flexibility index (Phi) is 1.38. The van der Waals surface area contributed by atoms with E-state index >= 15 is 0 Å². The number of carbonyl (C=O) groups excluding carboxylic acids is 2. The van der Waals surface area contributed by atoms with Crippen molar-refractivity contribution in [1.29, 1.82) is 0 Å². The van der Waals surface area contributed by atoms with E-state index in [9.17, 15) is 9.59 Å². The van der Waals surface area contributed by atoms with E-state index in [1.807, 2.05) is 0 Å². The third-order valence-electron chi connectivity index (χ3n) is 1.29. The molecule has 1 heterocycles. The molecule has 0 aliphatic carbocycles. The zero-order chi connectivity index (χ0) is 6.85. The fourth-order valence-electron chi connectivity index (χ4n) is 0.691. The van der Waals surface area contributed by atoms with Crippen LogP contribution in [-0.2, 0) is 9.59 Å². The highest BCUT2D eigenvalue weighted by Crippen LogP contribution is 2.02. The Labute approximate surface area is 52.6 Å². The fraction of sp³-hybridized carbons (Fsp3) is 0.600. The molecule has 1 fully saturated rings. The molecule has 0 aromatic heterocycles. The van der Waals surface area contributed by atoms with Crippen molar-refractivity contribution in [3.8, 4) is 0 Å². The van der Waals surface area contributed by atoms with Gasteiger partial charge in [0.25, 0.3) is 0 Å². The molecule has 0 aromatic carbocycles. The number of rotatable bonds is 1. The molecule has 1 atom stereocenters. The van der Waals surface area contributed by atoms with Gasteiger partial charge >= 0.3 is 0 Å². The van der Waals surface area contributed by atoms with E-state index in [4.69, 9.17) is 0 Å². The standard InChI is InChI=1S/C5H8N2O2/c1-6-5(9)3-2-4(8)7-3/h3H,2H2,1H3,(H,6,9)(H,7,8). The second-order valence-corrected chi connectivity index (χ2v) is 1.94. The summed E-state index contributed by atoms with van der Waals surface area (Å²) in [6.45, 7) is 0. The van der Waals surface area contributed by atoms with Crippen molar-refractivity contribution < 1.29 is 9.59 Å². The predicted octanol–water partition coefficient (Wildman–Crippen LogP) is -1.38. The van der Waals surface area contributed by atoms with Gasteiger partial charge in [-0.05, 0) is 0 Å². The highest BCUT2D eigenvalue weighted by molar-refractivity contribution is 5.96. The lowest BCUT2D eigenvalue weighted by atomic mass is 10.1. The average Bonchev–Trinajstić information content (AvgIpc) is 1.79. The Morgan fingerprint density at radius 2 is 2.44 bits per heavy atom. The number of hydrogen-bond donors (Lipinski definition) is 2. The van der Waals surface area contributed by atoms with Crippen LogP contribution in [0.5, 0.6) is 0 Å². The third-order valence-corrected chi connectivity index (χ3v) is 1.29. The summed E-state index contributed by atoms with van der Waals surface area (Å²) < 4.78 is 0. The zero-order valence-corrected chi connectivity index (χ0v) is 5.10. The van der Waals surface area contributed by atoms with E-state index in [1.54, 1.807) is 7.05 Å². The zero-order valence-electron chi connectivity index (χ0n) is 5.10. The van der Waals surface area contributed by atoms with Crippen molar-refractivity contribution in [2.24, 2.45) is 0 Å². The monoisotopic (exact) mass is 128 g/mol. The molecular formula is C5H8N2O2. The van der Waals surface area contributed by atoms with E-state index in [2.05, 4.69) is 10.6 Å². The van der Waals surface area contributed by atoms with Gasteiger partial charge in [0.15, 0.2) is 0 Å². The molecule has 1 aliphatic rings. The highest BCUT2D eigenvalue weighted by atomic mass is 16.2. The van der Waals surface area contributed by atoms with Crippen molar-refractivity contribution >= 4 is 11.8 Å². The maximum absolute atomic E-state index is 10.6. The molecule has 2 N–H and O–H groups in total. The molecular weight excluding hydrogens is 120 g/mol. The molecule has 0 saturated carbocycles. The lowest BCUT2D eigenvalue weighted by molar-refractivity contribution is -0.136. The van der Waals surface area contributed by atoms with Gasteiger partial charge in [0.2, 0.25) is 11.8 Å². The van der Waals surface area contributed by atoms with Crippen molar-refractivity contribution in [3.05, 3.63) is 0 Å². The predicted molar refractivity (Wildman–Crippen MR) is 30.6 cm³/mol. The molecule has 9 heavy (non-hydrogen) atoms. The summed E-state index contributed by atoms with van der Waals surface area (Å²) in [4.78, 5) is 20.9. The summed E-state index contributed by atoms with van der Waals surface area (Å²) >= 11 is 0. The first-order chi connectivity index (χ1) is 4.24. The Hall–Kier alpha value is -1.06. The first-order valence-electron chi connectivity index (χ1n) is 2.75. The minimum absolute atomic E-state index is 0.0522. The smallest absolute Gasteiger partial charge is 0.242 e. The molecule has 2 amide bonds. The summed E-state index contributed by atoms with van der Waals surface area (Å²) in [5, 5.41) is 4.88. The van der Waals surface area contributed by atoms with Crippen molar-refractivity contribution in [3.63, 3.8) is 0 Å². The minimum atomic E-state index is -0.275. The summed E-state index contributed by atoms with van der Waals surface area (Å²) in [6.07, 6.45) is 0.333. The summed E-state index contributed by atoms with van der Waals surface area (Å²) in [7, 11) is 1.55. The van der Waals surface area contributed by atoms with Gasteiger partial charge in [-0.15, -0.1) is 0 Å². The van der Waals surface area contributed by atoms with Crippen LogP contribution in [0, 0.1) is 0 Å². The lowest BCUT2D eigenvalue weighted by Gasteiger charge is -2.24. The van der Waals surface area contributed by atoms with E-state index in [0.717, 1.165) is 0 Å². The summed E-state index contributed by atoms with van der Waals surface area (Å²) in [5.41, 5.74) is 0. The molecule has 1 rings (SSSR count). The number of amides is 2. The molecule has 50 valence electrons. The first-order valence-corrected chi connectivity index (χ1v) is 2.75. The van der Waals surface area contributed by atoms with Gasteiger partial charge in [0.05, 0.1) is 6.42 Å². The number of likely N-dealkylation sites (N-methyl/N-ethyl adjacent to an activating group) is 1. The van der Waals surface area contributed by atoms with Crippen LogP contribution in [0.1, 0.15) is 6.42 Å². The van der Waals surface area contributed by atoms with Crippen LogP contribution in [0.15, 0.2) is 0 Å². The van der Waals surface area contributed by atoms with Crippen molar-refractivity contribution in [2.75, 3.05) is 7.05 Å². The van der Waals surface area contributed by atoms with Gasteiger partial charge in [-0.1, -0.05) is 0 Å². The van der Waals surface area contributed by atoms with Crippen LogP contribution >= 0.6 is 0 Å². The van der Waals surface area contributed by atoms with Gasteiger partial charge in [0, 0.05) is 7.05 Å². The summed E-state index contributed by atoms with van der Waals surface area (Å²) in [6, 6.07) is -0.275. The molecule has 0 radical (unpaired) electrons. The van der Waals surface area contributed by atoms with Gasteiger partial charge < -0.3 is 10.6 Å². The molecule has 0 spiro atoms. The number of β-lactam (4-membered cyclic amide) rings is 1. The van der Waals surface area contributed by atoms with Crippen LogP contribution in [0.3, 0.4) is 0 Å². The van der Waals surface area contributed by atoms with Crippen LogP contribution < -0.4 is 10.6 Å². The Balaban J connectivity index is 2.31. The van der Waals surface area contributed by atoms with E-state index in [1.165, 1.54) is 0 Å². The van der Waals surface area contributed by atoms with Crippen LogP contribution in [0.2, 0.25) is 0 Å². The molecule has 4 nitrogen and oxygen atoms in total. The molecule has 1 aliphatic heterocycles. The third kappa shape index (κ3) is 1.01. The first kappa shape index (κ1) is 6.07. The quantitative estimate of drug-likeness (QED) is 0.428. The molecule has 1 unspecified atom stereocenters. The normalized spacial score (nSPS) is 24.1. The SMILES string of the molecule is CNC(=O)C1CC(=O)N1. The fourth-order valence-corrected chi connectivity index (χ4v) is 0.691. The molecule has 0 aromatic rings. The van der Waals surface area contributed by atoms with Crippen LogP contribution in [0.4, 0.5) is 0 Å². The van der Waals surface area contributed by atoms with E-state index in [-0.39, 0.29) is 17.9 Å². The highest BCUT2D eigenvalue weighted by Gasteiger charge is 2.30. The largest absolute Gasteiger partial charge is 0.357 e. The Morgan fingerprint density at radius 3 is 2.78 bits per heavy atom. The number of carbonyl (C=O) groups is 2. The number of nitrogens with one attached hydrogen (secondary N) is 2. The van der Waals surface area contributed by atoms with Gasteiger partial charge in [-0.3, -0.25) is 9.59 Å². The summed E-state index contributed by atoms with van der Waals surface area (Å²) in [5.74, 6) is -0.168. The van der Waals surface area contributed by atoms with Gasteiger partial charge in [-0.2, -0.15) is 0 Å². The second-order valence-electron chi connectivity index (χ2n) is 1.94.